The van der Waals surface area contributed by atoms with Crippen molar-refractivity contribution >= 4 is 38.3 Å². The fourth-order valence-electron chi connectivity index (χ4n) is 5.46. The molecule has 4 saturated carbocycles. The van der Waals surface area contributed by atoms with E-state index in [-0.39, 0.29) is 11.3 Å². The van der Waals surface area contributed by atoms with Crippen LogP contribution in [0.2, 0.25) is 0 Å². The molecule has 0 saturated heterocycles. The minimum atomic E-state index is 0.155. The molecule has 21 heavy (non-hydrogen) atoms. The number of nitrogens with zero attached hydrogens (tertiary/aromatic N) is 1. The smallest absolute Gasteiger partial charge is 0.226 e. The van der Waals surface area contributed by atoms with Gasteiger partial charge in [-0.1, -0.05) is 15.9 Å². The van der Waals surface area contributed by atoms with Gasteiger partial charge < -0.3 is 5.32 Å². The van der Waals surface area contributed by atoms with Crippen molar-refractivity contribution in [1.82, 2.24) is 4.98 Å². The largest absolute Gasteiger partial charge is 0.302 e. The van der Waals surface area contributed by atoms with Gasteiger partial charge in [-0.05, 0) is 62.7 Å². The number of carbonyl (C=O) groups is 1. The van der Waals surface area contributed by atoms with Crippen molar-refractivity contribution < 1.29 is 4.79 Å². The number of aromatic nitrogens is 1. The Bertz CT molecular complexity index is 571. The lowest BCUT2D eigenvalue weighted by atomic mass is 9.48. The lowest BCUT2D eigenvalue weighted by Gasteiger charge is -2.60. The molecule has 3 nitrogen and oxygen atoms in total. The van der Waals surface area contributed by atoms with Gasteiger partial charge in [0, 0.05) is 16.1 Å². The molecule has 0 aliphatic heterocycles. The average molecular weight is 369 g/mol. The molecular weight excluding hydrogens is 348 g/mol. The summed E-state index contributed by atoms with van der Waals surface area (Å²) in [6, 6.07) is 0. The monoisotopic (exact) mass is 368 g/mol. The maximum atomic E-state index is 12.5. The van der Waals surface area contributed by atoms with Gasteiger partial charge in [0.25, 0.3) is 0 Å². The quantitative estimate of drug-likeness (QED) is 0.797. The highest BCUT2D eigenvalue weighted by Gasteiger charge is 2.57. The van der Waals surface area contributed by atoms with Crippen LogP contribution >= 0.6 is 27.3 Å². The highest BCUT2D eigenvalue weighted by atomic mass is 79.9. The van der Waals surface area contributed by atoms with E-state index in [1.807, 2.05) is 12.3 Å². The van der Waals surface area contributed by atoms with Crippen molar-refractivity contribution in [3.8, 4) is 0 Å². The van der Waals surface area contributed by atoms with E-state index in [4.69, 9.17) is 0 Å². The molecule has 1 aromatic rings. The van der Waals surface area contributed by atoms with Crippen molar-refractivity contribution in [2.24, 2.45) is 17.3 Å². The van der Waals surface area contributed by atoms with E-state index in [9.17, 15) is 4.79 Å². The normalized spacial score (nSPS) is 40.5. The van der Waals surface area contributed by atoms with Crippen LogP contribution in [0.4, 0.5) is 5.13 Å². The van der Waals surface area contributed by atoms with Crippen LogP contribution in [0.15, 0.2) is 5.38 Å². The number of hydrogen-bond donors (Lipinski definition) is 1. The fraction of sp³-hybridized carbons (Fsp3) is 0.750. The first-order valence-corrected chi connectivity index (χ1v) is 9.52. The minimum Gasteiger partial charge on any atom is -0.302 e. The van der Waals surface area contributed by atoms with E-state index >= 15 is 0 Å². The predicted octanol–water partition coefficient (Wildman–Crippen LogP) is 4.51. The van der Waals surface area contributed by atoms with Gasteiger partial charge in [0.05, 0.1) is 5.69 Å². The molecule has 0 aromatic carbocycles. The Balaban J connectivity index is 1.47. The summed E-state index contributed by atoms with van der Waals surface area (Å²) in [6.45, 7) is 1.96. The second kappa shape index (κ2) is 4.79. The molecule has 1 aromatic heterocycles. The van der Waals surface area contributed by atoms with Gasteiger partial charge in [0.1, 0.15) is 0 Å². The van der Waals surface area contributed by atoms with Crippen molar-refractivity contribution in [2.45, 2.75) is 56.2 Å². The lowest BCUT2D eigenvalue weighted by molar-refractivity contribution is -0.123. The van der Waals surface area contributed by atoms with Gasteiger partial charge in [0.2, 0.25) is 5.91 Å². The molecule has 0 unspecified atom stereocenters. The third-order valence-electron chi connectivity index (χ3n) is 5.51. The van der Waals surface area contributed by atoms with E-state index in [1.165, 1.54) is 49.9 Å². The van der Waals surface area contributed by atoms with Crippen molar-refractivity contribution in [1.29, 1.82) is 0 Å². The topological polar surface area (TPSA) is 42.0 Å². The molecule has 0 radical (unpaired) electrons. The molecule has 0 spiro atoms. The Morgan fingerprint density at radius 3 is 2.71 bits per heavy atom. The van der Waals surface area contributed by atoms with E-state index in [2.05, 4.69) is 26.2 Å². The number of anilines is 1. The number of halogens is 1. The van der Waals surface area contributed by atoms with E-state index in [0.29, 0.717) is 10.7 Å². The van der Waals surface area contributed by atoms with E-state index in [0.717, 1.165) is 22.7 Å². The van der Waals surface area contributed by atoms with Gasteiger partial charge in [-0.15, -0.1) is 11.3 Å². The maximum absolute atomic E-state index is 12.5. The summed E-state index contributed by atoms with van der Waals surface area (Å²) in [5.41, 5.74) is 1.22. The van der Waals surface area contributed by atoms with Crippen LogP contribution in [-0.4, -0.2) is 15.2 Å². The summed E-state index contributed by atoms with van der Waals surface area (Å²) in [5.74, 6) is 1.82. The molecule has 4 aliphatic rings. The number of carbonyl (C=O) groups excluding carboxylic acids is 1. The third kappa shape index (κ3) is 2.67. The minimum absolute atomic E-state index is 0.155. The first-order valence-electron chi connectivity index (χ1n) is 7.85. The summed E-state index contributed by atoms with van der Waals surface area (Å²) < 4.78 is 0.329. The molecule has 5 heteroatoms. The molecule has 114 valence electrons. The third-order valence-corrected chi connectivity index (χ3v) is 7.32. The molecule has 4 bridgehead atoms. The Labute approximate surface area is 138 Å². The van der Waals surface area contributed by atoms with Crippen molar-refractivity contribution in [3.05, 3.63) is 11.1 Å². The second-order valence-corrected chi connectivity index (χ2v) is 10.2. The van der Waals surface area contributed by atoms with Crippen molar-refractivity contribution in [2.75, 3.05) is 5.32 Å². The zero-order chi connectivity index (χ0) is 14.7. The molecule has 4 fully saturated rings. The predicted molar refractivity (Wildman–Crippen MR) is 88.9 cm³/mol. The lowest BCUT2D eigenvalue weighted by Crippen LogP contribution is -2.53. The molecule has 1 heterocycles. The number of rotatable bonds is 3. The number of alkyl halides is 1. The molecule has 1 amide bonds. The average Bonchev–Trinajstić information content (AvgIpc) is 2.69. The molecular formula is C16H21BrN2OS. The Morgan fingerprint density at radius 2 is 2.14 bits per heavy atom. The second-order valence-electron chi connectivity index (χ2n) is 7.63. The Kier molecular flexibility index (Phi) is 3.23. The Morgan fingerprint density at radius 1 is 1.43 bits per heavy atom. The molecule has 5 rings (SSSR count). The molecule has 2 atom stereocenters. The van der Waals surface area contributed by atoms with Gasteiger partial charge in [-0.25, -0.2) is 4.98 Å². The first kappa shape index (κ1) is 14.2. The number of hydrogen-bond acceptors (Lipinski definition) is 3. The van der Waals surface area contributed by atoms with Crippen LogP contribution in [0.1, 0.15) is 50.6 Å². The zero-order valence-corrected chi connectivity index (χ0v) is 14.7. The SMILES string of the molecule is Cc1csc(NC(=O)CC23C[C@@H]4C[C@H](CC(Br)(C4)C2)C3)n1. The highest BCUT2D eigenvalue weighted by Crippen LogP contribution is 2.65. The first-order chi connectivity index (χ1) is 9.94. The van der Waals surface area contributed by atoms with Crippen molar-refractivity contribution in [3.63, 3.8) is 0 Å². The molecule has 4 aliphatic carbocycles. The maximum Gasteiger partial charge on any atom is 0.226 e. The summed E-state index contributed by atoms with van der Waals surface area (Å²) in [6.07, 6.45) is 8.38. The van der Waals surface area contributed by atoms with Crippen LogP contribution in [-0.2, 0) is 4.79 Å². The highest BCUT2D eigenvalue weighted by molar-refractivity contribution is 9.10. The fourth-order valence-corrected chi connectivity index (χ4v) is 7.67. The van der Waals surface area contributed by atoms with Gasteiger partial charge in [-0.3, -0.25) is 4.79 Å². The summed E-state index contributed by atoms with van der Waals surface area (Å²) in [7, 11) is 0. The Hall–Kier alpha value is -0.420. The molecule has 1 N–H and O–H groups in total. The summed E-state index contributed by atoms with van der Waals surface area (Å²) >= 11 is 5.53. The van der Waals surface area contributed by atoms with E-state index < -0.39 is 0 Å². The van der Waals surface area contributed by atoms with Crippen LogP contribution in [0, 0.1) is 24.2 Å². The van der Waals surface area contributed by atoms with E-state index in [1.54, 1.807) is 0 Å². The number of amides is 1. The zero-order valence-electron chi connectivity index (χ0n) is 12.3. The van der Waals surface area contributed by atoms with Crippen LogP contribution in [0.25, 0.3) is 0 Å². The number of nitrogens with one attached hydrogen (secondary N) is 1. The van der Waals surface area contributed by atoms with Crippen LogP contribution < -0.4 is 5.32 Å². The standard InChI is InChI=1S/C16H21BrN2OS/c1-10-8-21-14(18-10)19-13(20)7-15-3-11-2-12(4-15)6-16(17,5-11)9-15/h8,11-12H,2-7,9H2,1H3,(H,18,19,20)/t11-,12-,15?,16?/m0/s1. The summed E-state index contributed by atoms with van der Waals surface area (Å²) in [4.78, 5) is 16.8. The van der Waals surface area contributed by atoms with Gasteiger partial charge >= 0.3 is 0 Å². The van der Waals surface area contributed by atoms with Gasteiger partial charge in [0.15, 0.2) is 5.13 Å². The van der Waals surface area contributed by atoms with Crippen LogP contribution in [0.3, 0.4) is 0 Å². The number of thiazole rings is 1. The summed E-state index contributed by atoms with van der Waals surface area (Å²) in [5, 5.41) is 5.73. The van der Waals surface area contributed by atoms with Crippen LogP contribution in [0.5, 0.6) is 0 Å². The van der Waals surface area contributed by atoms with Gasteiger partial charge in [-0.2, -0.15) is 0 Å². The number of aryl methyl sites for hydroxylation is 1.